The van der Waals surface area contributed by atoms with Gasteiger partial charge in [0, 0.05) is 18.7 Å². The first-order valence-electron chi connectivity index (χ1n) is 7.18. The molecule has 0 atom stereocenters. The van der Waals surface area contributed by atoms with Gasteiger partial charge in [-0.15, -0.1) is 0 Å². The molecule has 1 amide bonds. The SMILES string of the molecule is CCCCN(C(=O)CC(C)(C)C)c1cccc(C#N)c1. The molecule has 0 saturated carbocycles. The molecule has 0 aliphatic carbocycles. The molecular formula is C17H24N2O. The number of anilines is 1. The largest absolute Gasteiger partial charge is 0.312 e. The van der Waals surface area contributed by atoms with Gasteiger partial charge in [0.1, 0.15) is 0 Å². The van der Waals surface area contributed by atoms with E-state index in [4.69, 9.17) is 5.26 Å². The molecule has 0 unspecified atom stereocenters. The van der Waals surface area contributed by atoms with Crippen LogP contribution in [0.4, 0.5) is 5.69 Å². The topological polar surface area (TPSA) is 44.1 Å². The highest BCUT2D eigenvalue weighted by molar-refractivity contribution is 5.93. The van der Waals surface area contributed by atoms with Crippen LogP contribution in [-0.4, -0.2) is 12.5 Å². The molecule has 0 aliphatic heterocycles. The predicted molar refractivity (Wildman–Crippen MR) is 82.5 cm³/mol. The van der Waals surface area contributed by atoms with Crippen molar-refractivity contribution in [3.8, 4) is 6.07 Å². The highest BCUT2D eigenvalue weighted by atomic mass is 16.2. The van der Waals surface area contributed by atoms with E-state index in [0.717, 1.165) is 18.5 Å². The fourth-order valence-corrected chi connectivity index (χ4v) is 2.01. The van der Waals surface area contributed by atoms with Gasteiger partial charge in [-0.1, -0.05) is 40.2 Å². The molecule has 3 heteroatoms. The number of rotatable bonds is 5. The van der Waals surface area contributed by atoms with E-state index in [1.165, 1.54) is 0 Å². The van der Waals surface area contributed by atoms with Crippen LogP contribution in [0.3, 0.4) is 0 Å². The molecule has 20 heavy (non-hydrogen) atoms. The highest BCUT2D eigenvalue weighted by Crippen LogP contribution is 2.24. The molecule has 0 radical (unpaired) electrons. The maximum Gasteiger partial charge on any atom is 0.227 e. The molecule has 0 fully saturated rings. The third-order valence-electron chi connectivity index (χ3n) is 3.00. The average Bonchev–Trinajstić information content (AvgIpc) is 2.37. The number of hydrogen-bond donors (Lipinski definition) is 0. The van der Waals surface area contributed by atoms with Gasteiger partial charge in [0.15, 0.2) is 0 Å². The van der Waals surface area contributed by atoms with Crippen LogP contribution in [0.5, 0.6) is 0 Å². The summed E-state index contributed by atoms with van der Waals surface area (Å²) in [5, 5.41) is 8.99. The van der Waals surface area contributed by atoms with Gasteiger partial charge in [-0.25, -0.2) is 0 Å². The smallest absolute Gasteiger partial charge is 0.227 e. The molecule has 3 nitrogen and oxygen atoms in total. The van der Waals surface area contributed by atoms with Gasteiger partial charge in [0.25, 0.3) is 0 Å². The van der Waals surface area contributed by atoms with Gasteiger partial charge in [-0.2, -0.15) is 5.26 Å². The zero-order valence-electron chi connectivity index (χ0n) is 12.9. The van der Waals surface area contributed by atoms with Crippen LogP contribution in [-0.2, 0) is 4.79 Å². The third kappa shape index (κ3) is 5.05. The second kappa shape index (κ2) is 7.09. The number of amides is 1. The minimum atomic E-state index is -0.0333. The van der Waals surface area contributed by atoms with Crippen molar-refractivity contribution in [2.24, 2.45) is 5.41 Å². The van der Waals surface area contributed by atoms with Crippen LogP contribution >= 0.6 is 0 Å². The molecule has 0 aliphatic rings. The van der Waals surface area contributed by atoms with Crippen molar-refractivity contribution in [1.82, 2.24) is 0 Å². The van der Waals surface area contributed by atoms with E-state index in [1.807, 2.05) is 17.0 Å². The van der Waals surface area contributed by atoms with Gasteiger partial charge in [0.05, 0.1) is 11.6 Å². The molecule has 1 rings (SSSR count). The van der Waals surface area contributed by atoms with Crippen LogP contribution in [0.25, 0.3) is 0 Å². The van der Waals surface area contributed by atoms with Gasteiger partial charge >= 0.3 is 0 Å². The van der Waals surface area contributed by atoms with E-state index >= 15 is 0 Å². The lowest BCUT2D eigenvalue weighted by atomic mass is 9.91. The van der Waals surface area contributed by atoms with Crippen molar-refractivity contribution in [2.75, 3.05) is 11.4 Å². The van der Waals surface area contributed by atoms with E-state index in [1.54, 1.807) is 12.1 Å². The first-order valence-corrected chi connectivity index (χ1v) is 7.18. The monoisotopic (exact) mass is 272 g/mol. The van der Waals surface area contributed by atoms with E-state index in [2.05, 4.69) is 33.8 Å². The summed E-state index contributed by atoms with van der Waals surface area (Å²) >= 11 is 0. The van der Waals surface area contributed by atoms with E-state index in [0.29, 0.717) is 18.5 Å². The van der Waals surface area contributed by atoms with Gasteiger partial charge in [-0.3, -0.25) is 4.79 Å². The number of carbonyl (C=O) groups excluding carboxylic acids is 1. The molecular weight excluding hydrogens is 248 g/mol. The Labute approximate surface area is 122 Å². The van der Waals surface area contributed by atoms with Crippen LogP contribution < -0.4 is 4.90 Å². The van der Waals surface area contributed by atoms with Gasteiger partial charge in [0.2, 0.25) is 5.91 Å². The maximum atomic E-state index is 12.5. The van der Waals surface area contributed by atoms with Gasteiger partial charge < -0.3 is 4.90 Å². The normalized spacial score (nSPS) is 10.9. The summed E-state index contributed by atoms with van der Waals surface area (Å²) in [6.45, 7) is 9.01. The summed E-state index contributed by atoms with van der Waals surface area (Å²) in [4.78, 5) is 14.3. The van der Waals surface area contributed by atoms with Crippen LogP contribution in [0, 0.1) is 16.7 Å². The Hall–Kier alpha value is -1.82. The van der Waals surface area contributed by atoms with Crippen LogP contribution in [0.1, 0.15) is 52.5 Å². The number of nitrogens with zero attached hydrogens (tertiary/aromatic N) is 2. The second-order valence-corrected chi connectivity index (χ2v) is 6.30. The molecule has 0 spiro atoms. The Morgan fingerprint density at radius 1 is 1.35 bits per heavy atom. The molecule has 0 aromatic heterocycles. The molecule has 0 heterocycles. The van der Waals surface area contributed by atoms with Crippen LogP contribution in [0.15, 0.2) is 24.3 Å². The number of carbonyl (C=O) groups is 1. The molecule has 0 saturated heterocycles. The Morgan fingerprint density at radius 3 is 2.60 bits per heavy atom. The Kier molecular flexibility index (Phi) is 5.76. The predicted octanol–water partition coefficient (Wildman–Crippen LogP) is 4.13. The Bertz CT molecular complexity index is 494. The maximum absolute atomic E-state index is 12.5. The summed E-state index contributed by atoms with van der Waals surface area (Å²) < 4.78 is 0. The van der Waals surface area contributed by atoms with Crippen molar-refractivity contribution >= 4 is 11.6 Å². The lowest BCUT2D eigenvalue weighted by Crippen LogP contribution is -2.34. The van der Waals surface area contributed by atoms with E-state index < -0.39 is 0 Å². The number of hydrogen-bond acceptors (Lipinski definition) is 2. The van der Waals surface area contributed by atoms with Crippen molar-refractivity contribution in [1.29, 1.82) is 5.26 Å². The first-order chi connectivity index (χ1) is 9.37. The summed E-state index contributed by atoms with van der Waals surface area (Å²) in [7, 11) is 0. The number of unbranched alkanes of at least 4 members (excludes halogenated alkanes) is 1. The lowest BCUT2D eigenvalue weighted by molar-refractivity contribution is -0.120. The highest BCUT2D eigenvalue weighted by Gasteiger charge is 2.22. The minimum Gasteiger partial charge on any atom is -0.312 e. The molecule has 0 bridgehead atoms. The summed E-state index contributed by atoms with van der Waals surface area (Å²) in [5.41, 5.74) is 1.38. The summed E-state index contributed by atoms with van der Waals surface area (Å²) in [5.74, 6) is 0.126. The summed E-state index contributed by atoms with van der Waals surface area (Å²) in [6.07, 6.45) is 2.51. The third-order valence-corrected chi connectivity index (χ3v) is 3.00. The fraction of sp³-hybridized carbons (Fsp3) is 0.529. The van der Waals surface area contributed by atoms with E-state index in [9.17, 15) is 4.79 Å². The molecule has 108 valence electrons. The zero-order chi connectivity index (χ0) is 15.2. The van der Waals surface area contributed by atoms with E-state index in [-0.39, 0.29) is 11.3 Å². The fourth-order valence-electron chi connectivity index (χ4n) is 2.01. The Balaban J connectivity index is 2.99. The number of nitriles is 1. The van der Waals surface area contributed by atoms with Crippen molar-refractivity contribution in [3.05, 3.63) is 29.8 Å². The van der Waals surface area contributed by atoms with Crippen LogP contribution in [0.2, 0.25) is 0 Å². The average molecular weight is 272 g/mol. The van der Waals surface area contributed by atoms with Crippen molar-refractivity contribution < 1.29 is 4.79 Å². The molecule has 0 N–H and O–H groups in total. The lowest BCUT2D eigenvalue weighted by Gasteiger charge is -2.27. The quantitative estimate of drug-likeness (QED) is 0.809. The second-order valence-electron chi connectivity index (χ2n) is 6.30. The van der Waals surface area contributed by atoms with Crippen molar-refractivity contribution in [2.45, 2.75) is 47.0 Å². The Morgan fingerprint density at radius 2 is 2.05 bits per heavy atom. The number of benzene rings is 1. The van der Waals surface area contributed by atoms with Gasteiger partial charge in [-0.05, 0) is 30.0 Å². The standard InChI is InChI=1S/C17H24N2O/c1-5-6-10-19(16(20)12-17(2,3)4)15-9-7-8-14(11-15)13-18/h7-9,11H,5-6,10,12H2,1-4H3. The minimum absolute atomic E-state index is 0.0333. The summed E-state index contributed by atoms with van der Waals surface area (Å²) in [6, 6.07) is 9.41. The molecule has 1 aromatic rings. The van der Waals surface area contributed by atoms with Crippen molar-refractivity contribution in [3.63, 3.8) is 0 Å². The molecule has 1 aromatic carbocycles. The first kappa shape index (κ1) is 16.2. The zero-order valence-corrected chi connectivity index (χ0v) is 12.9.